The molecule has 5 atom stereocenters. The maximum absolute atomic E-state index is 13.1. The molecule has 0 aliphatic heterocycles. The molecule has 2 unspecified atom stereocenters. The number of phosphoric ester groups is 2. The quantitative estimate of drug-likeness (QED) is 0.0222. The predicted octanol–water partition coefficient (Wildman–Crippen LogP) is 25.1. The Labute approximate surface area is 626 Å². The molecule has 606 valence electrons. The number of ether oxygens (including phenoxy) is 4. The van der Waals surface area contributed by atoms with Crippen molar-refractivity contribution < 1.29 is 80.2 Å². The number of esters is 4. The number of hydrogen-bond donors (Lipinski definition) is 3. The Bertz CT molecular complexity index is 1960. The van der Waals surface area contributed by atoms with Crippen LogP contribution in [0.4, 0.5) is 0 Å². The number of hydrogen-bond acceptors (Lipinski definition) is 15. The topological polar surface area (TPSA) is 237 Å². The molecule has 0 amide bonds. The molecule has 102 heavy (non-hydrogen) atoms. The first-order chi connectivity index (χ1) is 49.4. The Balaban J connectivity index is 5.24. The average Bonchev–Trinajstić information content (AvgIpc) is 0.925. The van der Waals surface area contributed by atoms with E-state index in [2.05, 4.69) is 41.5 Å². The van der Waals surface area contributed by atoms with Crippen LogP contribution in [0.3, 0.4) is 0 Å². The zero-order valence-electron chi connectivity index (χ0n) is 66.9. The molecule has 0 aliphatic rings. The number of carbonyl (C=O) groups excluding carboxylic acids is 4. The SMILES string of the molecule is CCCCCCCCCCCCCCCCCCC(=O)O[C@H](COC(=O)CCCCCCCCCCCC)COP(=O)(O)OC[C@H](O)COP(=O)(O)OC[C@@H](COC(=O)CCCCCCCCCCCCCCCCC(C)C)OC(=O)CCCCCCCCCCCCCCCCCCC(C)C. The van der Waals surface area contributed by atoms with Gasteiger partial charge < -0.3 is 33.8 Å². The maximum atomic E-state index is 13.1. The Hall–Kier alpha value is -1.94. The van der Waals surface area contributed by atoms with Crippen LogP contribution < -0.4 is 0 Å². The monoisotopic (exact) mass is 1490 g/mol. The molecule has 0 aromatic heterocycles. The molecule has 0 radical (unpaired) electrons. The minimum absolute atomic E-state index is 0.108. The lowest BCUT2D eigenvalue weighted by Crippen LogP contribution is -2.30. The number of unbranched alkanes of at least 4 members (excludes halogenated alkanes) is 52. The highest BCUT2D eigenvalue weighted by Crippen LogP contribution is 2.45. The minimum atomic E-state index is -4.96. The van der Waals surface area contributed by atoms with Crippen LogP contribution >= 0.6 is 15.6 Å². The summed E-state index contributed by atoms with van der Waals surface area (Å²) in [5.74, 6) is -0.496. The number of aliphatic hydroxyl groups is 1. The molecular weight excluding hydrogens is 1330 g/mol. The lowest BCUT2D eigenvalue weighted by Gasteiger charge is -2.21. The van der Waals surface area contributed by atoms with Gasteiger partial charge in [0, 0.05) is 25.7 Å². The van der Waals surface area contributed by atoms with Gasteiger partial charge in [0.1, 0.15) is 19.3 Å². The summed E-state index contributed by atoms with van der Waals surface area (Å²) in [5, 5.41) is 10.7. The third kappa shape index (κ3) is 76.3. The molecule has 0 fully saturated rings. The van der Waals surface area contributed by atoms with Crippen molar-refractivity contribution in [3.63, 3.8) is 0 Å². The second kappa shape index (κ2) is 74.5. The van der Waals surface area contributed by atoms with Gasteiger partial charge in [0.05, 0.1) is 26.4 Å². The third-order valence-electron chi connectivity index (χ3n) is 19.5. The summed E-state index contributed by atoms with van der Waals surface area (Å²) in [4.78, 5) is 73.1. The highest BCUT2D eigenvalue weighted by molar-refractivity contribution is 7.47. The van der Waals surface area contributed by atoms with E-state index in [9.17, 15) is 43.2 Å². The van der Waals surface area contributed by atoms with Gasteiger partial charge in [-0.25, -0.2) is 9.13 Å². The smallest absolute Gasteiger partial charge is 0.462 e. The van der Waals surface area contributed by atoms with Gasteiger partial charge >= 0.3 is 39.5 Å². The Morgan fingerprint density at radius 3 is 0.667 bits per heavy atom. The van der Waals surface area contributed by atoms with Gasteiger partial charge in [0.25, 0.3) is 0 Å². The van der Waals surface area contributed by atoms with Crippen LogP contribution in [0.1, 0.15) is 440 Å². The van der Waals surface area contributed by atoms with E-state index in [1.165, 1.54) is 257 Å². The van der Waals surface area contributed by atoms with Crippen molar-refractivity contribution in [1.29, 1.82) is 0 Å². The zero-order valence-corrected chi connectivity index (χ0v) is 68.7. The van der Waals surface area contributed by atoms with Crippen LogP contribution in [0.25, 0.3) is 0 Å². The van der Waals surface area contributed by atoms with E-state index in [1.54, 1.807) is 0 Å². The fraction of sp³-hybridized carbons (Fsp3) is 0.952. The lowest BCUT2D eigenvalue weighted by atomic mass is 10.0. The van der Waals surface area contributed by atoms with Gasteiger partial charge in [0.2, 0.25) is 0 Å². The summed E-state index contributed by atoms with van der Waals surface area (Å²) in [6.07, 6.45) is 65.1. The molecule has 0 spiro atoms. The average molecular weight is 1490 g/mol. The Morgan fingerprint density at radius 2 is 0.451 bits per heavy atom. The first-order valence-corrected chi connectivity index (χ1v) is 46.0. The van der Waals surface area contributed by atoms with E-state index in [-0.39, 0.29) is 25.7 Å². The molecule has 19 heteroatoms. The van der Waals surface area contributed by atoms with Crippen molar-refractivity contribution in [1.82, 2.24) is 0 Å². The molecule has 0 saturated heterocycles. The van der Waals surface area contributed by atoms with Crippen LogP contribution in [-0.4, -0.2) is 96.7 Å². The van der Waals surface area contributed by atoms with Gasteiger partial charge in [-0.2, -0.15) is 0 Å². The second-order valence-electron chi connectivity index (χ2n) is 30.8. The van der Waals surface area contributed by atoms with Crippen LogP contribution in [0.2, 0.25) is 0 Å². The summed E-state index contributed by atoms with van der Waals surface area (Å²) in [6, 6.07) is 0. The highest BCUT2D eigenvalue weighted by Gasteiger charge is 2.30. The number of carbonyl (C=O) groups is 4. The van der Waals surface area contributed by atoms with E-state index in [0.29, 0.717) is 25.7 Å². The fourth-order valence-electron chi connectivity index (χ4n) is 12.9. The van der Waals surface area contributed by atoms with Crippen molar-refractivity contribution in [3.05, 3.63) is 0 Å². The summed E-state index contributed by atoms with van der Waals surface area (Å²) < 4.78 is 68.8. The molecule has 0 aromatic rings. The molecule has 0 aromatic carbocycles. The van der Waals surface area contributed by atoms with Crippen molar-refractivity contribution >= 4 is 39.5 Å². The normalized spacial score (nSPS) is 13.9. The van der Waals surface area contributed by atoms with E-state index in [0.717, 1.165) is 102 Å². The molecule has 0 aliphatic carbocycles. The van der Waals surface area contributed by atoms with E-state index >= 15 is 0 Å². The van der Waals surface area contributed by atoms with Crippen LogP contribution in [0.5, 0.6) is 0 Å². The number of phosphoric acid groups is 2. The highest BCUT2D eigenvalue weighted by atomic mass is 31.2. The lowest BCUT2D eigenvalue weighted by molar-refractivity contribution is -0.161. The van der Waals surface area contributed by atoms with Crippen molar-refractivity contribution in [3.8, 4) is 0 Å². The van der Waals surface area contributed by atoms with Crippen LogP contribution in [0, 0.1) is 11.8 Å². The molecule has 0 saturated carbocycles. The minimum Gasteiger partial charge on any atom is -0.462 e. The Kier molecular flexibility index (Phi) is 73.1. The first-order valence-electron chi connectivity index (χ1n) is 43.0. The summed E-state index contributed by atoms with van der Waals surface area (Å²) in [5.41, 5.74) is 0. The van der Waals surface area contributed by atoms with Gasteiger partial charge in [-0.05, 0) is 37.5 Å². The summed E-state index contributed by atoms with van der Waals surface area (Å²) in [7, 11) is -9.92. The molecular formula is C83H162O17P2. The standard InChI is InChI=1S/C83H162O17P2/c1-7-9-11-13-15-17-19-20-21-25-32-37-43-49-55-61-67-82(87)99-78(71-93-80(85)65-59-53-47-41-18-16-14-12-10-8-2)73-97-101(89,90)95-69-77(84)70-96-102(91,92)98-74-79(72-94-81(86)66-60-54-48-42-36-31-28-27-30-35-40-46-52-58-64-76(5)6)100-83(88)68-62-56-50-44-38-33-26-23-22-24-29-34-39-45-51-57-63-75(3)4/h75-79,84H,7-74H2,1-6H3,(H,89,90)(H,91,92)/t77-,78+,79+/m0/s1. The molecule has 0 heterocycles. The first kappa shape index (κ1) is 100. The van der Waals surface area contributed by atoms with Gasteiger partial charge in [-0.1, -0.05) is 388 Å². The van der Waals surface area contributed by atoms with E-state index in [4.69, 9.17) is 37.0 Å². The molecule has 3 N–H and O–H groups in total. The van der Waals surface area contributed by atoms with Gasteiger partial charge in [-0.15, -0.1) is 0 Å². The molecule has 17 nitrogen and oxygen atoms in total. The second-order valence-corrected chi connectivity index (χ2v) is 33.7. The number of rotatable bonds is 82. The zero-order chi connectivity index (χ0) is 74.9. The number of aliphatic hydroxyl groups excluding tert-OH is 1. The van der Waals surface area contributed by atoms with E-state index < -0.39 is 97.5 Å². The fourth-order valence-corrected chi connectivity index (χ4v) is 14.5. The predicted molar refractivity (Wildman–Crippen MR) is 418 cm³/mol. The Morgan fingerprint density at radius 1 is 0.265 bits per heavy atom. The summed E-state index contributed by atoms with van der Waals surface area (Å²) in [6.45, 7) is 9.70. The van der Waals surface area contributed by atoms with Gasteiger partial charge in [0.15, 0.2) is 12.2 Å². The van der Waals surface area contributed by atoms with Crippen molar-refractivity contribution in [2.24, 2.45) is 11.8 Å². The molecule has 0 rings (SSSR count). The third-order valence-corrected chi connectivity index (χ3v) is 21.4. The van der Waals surface area contributed by atoms with Crippen LogP contribution in [0.15, 0.2) is 0 Å². The largest absolute Gasteiger partial charge is 0.472 e. The van der Waals surface area contributed by atoms with Crippen molar-refractivity contribution in [2.75, 3.05) is 39.6 Å². The summed E-state index contributed by atoms with van der Waals surface area (Å²) >= 11 is 0. The molecule has 0 bridgehead atoms. The van der Waals surface area contributed by atoms with Crippen LogP contribution in [-0.2, 0) is 65.4 Å². The van der Waals surface area contributed by atoms with E-state index in [1.807, 2.05) is 0 Å². The van der Waals surface area contributed by atoms with Gasteiger partial charge in [-0.3, -0.25) is 37.3 Å². The maximum Gasteiger partial charge on any atom is 0.472 e. The van der Waals surface area contributed by atoms with Crippen molar-refractivity contribution in [2.45, 2.75) is 458 Å².